The van der Waals surface area contributed by atoms with Gasteiger partial charge in [0.1, 0.15) is 5.82 Å². The number of anilines is 2. The maximum atomic E-state index is 15.8. The Morgan fingerprint density at radius 3 is 1.79 bits per heavy atom. The number of nitro benzene ring substituents is 2. The zero-order valence-electron chi connectivity index (χ0n) is 21.5. The van der Waals surface area contributed by atoms with E-state index in [4.69, 9.17) is 0 Å². The molecule has 2 fully saturated rings. The molecule has 2 aliphatic rings. The van der Waals surface area contributed by atoms with E-state index in [9.17, 15) is 20.2 Å². The van der Waals surface area contributed by atoms with Crippen molar-refractivity contribution < 1.29 is 14.2 Å². The van der Waals surface area contributed by atoms with Crippen LogP contribution in [0.4, 0.5) is 27.1 Å². The van der Waals surface area contributed by atoms with Gasteiger partial charge in [0, 0.05) is 36.5 Å². The first kappa shape index (κ1) is 25.8. The number of non-ortho nitro benzene ring substituents is 2. The molecule has 0 saturated carbocycles. The van der Waals surface area contributed by atoms with Gasteiger partial charge in [0.05, 0.1) is 27.6 Å². The Morgan fingerprint density at radius 2 is 1.34 bits per heavy atom. The number of hydrogen-bond donors (Lipinski definition) is 0. The van der Waals surface area contributed by atoms with Gasteiger partial charge in [0.15, 0.2) is 8.24 Å². The molecule has 0 radical (unpaired) electrons. The van der Waals surface area contributed by atoms with Gasteiger partial charge in [-0.1, -0.05) is 43.8 Å². The van der Waals surface area contributed by atoms with Crippen molar-refractivity contribution in [1.29, 1.82) is 0 Å². The molecule has 8 nitrogen and oxygen atoms in total. The molecule has 0 amide bonds. The summed E-state index contributed by atoms with van der Waals surface area (Å²) in [6.45, 7) is 5.44. The minimum Gasteiger partial charge on any atom is -0.395 e. The molecule has 3 aromatic carbocycles. The maximum Gasteiger partial charge on any atom is 0.269 e. The van der Waals surface area contributed by atoms with Crippen molar-refractivity contribution in [2.75, 3.05) is 16.0 Å². The van der Waals surface area contributed by atoms with Crippen LogP contribution < -0.4 is 9.47 Å². The summed E-state index contributed by atoms with van der Waals surface area (Å²) in [4.78, 5) is 23.7. The summed E-state index contributed by atoms with van der Waals surface area (Å²) in [5.74, 6) is -0.248. The van der Waals surface area contributed by atoms with Crippen molar-refractivity contribution in [1.82, 2.24) is 0 Å². The third kappa shape index (κ3) is 4.88. The Hall–Kier alpha value is -3.79. The average molecular weight is 535 g/mol. The number of hydrogen-bond acceptors (Lipinski definition) is 6. The molecule has 38 heavy (non-hydrogen) atoms. The molecular formula is C28H31FN4O4Si. The summed E-state index contributed by atoms with van der Waals surface area (Å²) in [5.41, 5.74) is 3.25. The van der Waals surface area contributed by atoms with E-state index in [1.807, 2.05) is 12.1 Å². The van der Waals surface area contributed by atoms with Crippen LogP contribution in [0, 0.1) is 26.0 Å². The molecule has 5 rings (SSSR count). The standard InChI is InChI=1S/C28H31FN4O4Si/c1-38(2)18-4-3-17-30(38)28-14-13-24(19-25(28)29)31-26(20-5-9-22(10-6-20)32(34)35)15-16-27(31)21-7-11-23(12-8-21)33(36)37/h5-14,19,26-27H,3-4,15-18H2,1-2H3/t26-,27-/m0/s1. The van der Waals surface area contributed by atoms with Crippen LogP contribution in [0.15, 0.2) is 66.7 Å². The highest BCUT2D eigenvalue weighted by Crippen LogP contribution is 2.48. The van der Waals surface area contributed by atoms with E-state index in [1.54, 1.807) is 30.3 Å². The molecule has 3 aromatic rings. The van der Waals surface area contributed by atoms with Crippen molar-refractivity contribution in [3.8, 4) is 0 Å². The Balaban J connectivity index is 1.54. The van der Waals surface area contributed by atoms with Gasteiger partial charge in [-0.2, -0.15) is 0 Å². The molecule has 0 aliphatic carbocycles. The first-order chi connectivity index (χ1) is 18.2. The second-order valence-corrected chi connectivity index (χ2v) is 15.4. The van der Waals surface area contributed by atoms with Gasteiger partial charge in [-0.3, -0.25) is 20.2 Å². The van der Waals surface area contributed by atoms with Gasteiger partial charge in [0.25, 0.3) is 11.4 Å². The fourth-order valence-corrected chi connectivity index (χ4v) is 9.03. The minimum absolute atomic E-state index is 0.0222. The van der Waals surface area contributed by atoms with Crippen LogP contribution in [0.1, 0.15) is 48.9 Å². The van der Waals surface area contributed by atoms with Gasteiger partial charge < -0.3 is 9.47 Å². The molecule has 0 N–H and O–H groups in total. The van der Waals surface area contributed by atoms with Crippen LogP contribution in [0.25, 0.3) is 0 Å². The van der Waals surface area contributed by atoms with Crippen LogP contribution in [0.5, 0.6) is 0 Å². The molecule has 0 aromatic heterocycles. The first-order valence-corrected chi connectivity index (χ1v) is 16.2. The Bertz CT molecular complexity index is 1280. The van der Waals surface area contributed by atoms with Gasteiger partial charge in [-0.15, -0.1) is 0 Å². The minimum atomic E-state index is -1.73. The molecule has 0 bridgehead atoms. The summed E-state index contributed by atoms with van der Waals surface area (Å²) in [6, 6.07) is 19.4. The average Bonchev–Trinajstić information content (AvgIpc) is 3.34. The van der Waals surface area contributed by atoms with Crippen LogP contribution in [0.2, 0.25) is 19.1 Å². The maximum absolute atomic E-state index is 15.8. The second kappa shape index (κ2) is 10.2. The third-order valence-corrected chi connectivity index (χ3v) is 11.5. The van der Waals surface area contributed by atoms with Crippen LogP contribution >= 0.6 is 0 Å². The SMILES string of the molecule is C[Si]1(C)CCCCN1c1ccc(N2[C@H](c3ccc([N+](=O)[O-])cc3)CC[C@H]2c2ccc([N+](=O)[O-])cc2)cc1F. The summed E-state index contributed by atoms with van der Waals surface area (Å²) in [7, 11) is -1.73. The Kier molecular flexibility index (Phi) is 6.91. The van der Waals surface area contributed by atoms with Crippen molar-refractivity contribution in [2.24, 2.45) is 0 Å². The number of halogens is 1. The number of nitrogens with zero attached hydrogens (tertiary/aromatic N) is 4. The quantitative estimate of drug-likeness (QED) is 0.184. The van der Waals surface area contributed by atoms with E-state index >= 15 is 4.39 Å². The van der Waals surface area contributed by atoms with Crippen LogP contribution in [-0.4, -0.2) is 24.6 Å². The lowest BCUT2D eigenvalue weighted by Gasteiger charge is -2.43. The van der Waals surface area contributed by atoms with Crippen molar-refractivity contribution in [2.45, 2.75) is 56.9 Å². The second-order valence-electron chi connectivity index (χ2n) is 10.8. The summed E-state index contributed by atoms with van der Waals surface area (Å²) in [5, 5.41) is 22.4. The van der Waals surface area contributed by atoms with Crippen LogP contribution in [-0.2, 0) is 0 Å². The summed E-state index contributed by atoms with van der Waals surface area (Å²) >= 11 is 0. The van der Waals surface area contributed by atoms with Crippen molar-refractivity contribution >= 4 is 31.0 Å². The predicted molar refractivity (Wildman–Crippen MR) is 149 cm³/mol. The van der Waals surface area contributed by atoms with E-state index in [0.717, 1.165) is 48.7 Å². The lowest BCUT2D eigenvalue weighted by Crippen LogP contribution is -2.52. The Labute approximate surface area is 222 Å². The lowest BCUT2D eigenvalue weighted by atomic mass is 10.0. The molecule has 0 unspecified atom stereocenters. The van der Waals surface area contributed by atoms with E-state index in [0.29, 0.717) is 5.69 Å². The molecule has 2 heterocycles. The van der Waals surface area contributed by atoms with E-state index in [2.05, 4.69) is 22.6 Å². The summed E-state index contributed by atoms with van der Waals surface area (Å²) in [6.07, 6.45) is 3.77. The van der Waals surface area contributed by atoms with Gasteiger partial charge in [0.2, 0.25) is 0 Å². The number of nitro groups is 2. The molecule has 2 aliphatic heterocycles. The lowest BCUT2D eigenvalue weighted by molar-refractivity contribution is -0.385. The largest absolute Gasteiger partial charge is 0.395 e. The van der Waals surface area contributed by atoms with E-state index in [1.165, 1.54) is 30.7 Å². The zero-order valence-corrected chi connectivity index (χ0v) is 22.5. The monoisotopic (exact) mass is 534 g/mol. The van der Waals surface area contributed by atoms with Crippen molar-refractivity contribution in [3.05, 3.63) is 104 Å². The van der Waals surface area contributed by atoms with Gasteiger partial charge >= 0.3 is 0 Å². The highest BCUT2D eigenvalue weighted by Gasteiger charge is 2.37. The Morgan fingerprint density at radius 1 is 0.816 bits per heavy atom. The molecule has 2 saturated heterocycles. The number of rotatable bonds is 6. The molecule has 2 atom stereocenters. The topological polar surface area (TPSA) is 92.8 Å². The number of benzene rings is 3. The van der Waals surface area contributed by atoms with Gasteiger partial charge in [-0.05, 0) is 54.6 Å². The van der Waals surface area contributed by atoms with Crippen molar-refractivity contribution in [3.63, 3.8) is 0 Å². The van der Waals surface area contributed by atoms with Gasteiger partial charge in [-0.25, -0.2) is 4.39 Å². The summed E-state index contributed by atoms with van der Waals surface area (Å²) < 4.78 is 18.1. The molecule has 0 spiro atoms. The fourth-order valence-electron chi connectivity index (χ4n) is 6.05. The van der Waals surface area contributed by atoms with E-state index < -0.39 is 18.1 Å². The molecule has 198 valence electrons. The normalized spacial score (nSPS) is 20.9. The first-order valence-electron chi connectivity index (χ1n) is 13.0. The zero-order chi connectivity index (χ0) is 27.0. The molecular weight excluding hydrogens is 503 g/mol. The third-order valence-electron chi connectivity index (χ3n) is 8.03. The van der Waals surface area contributed by atoms with E-state index in [-0.39, 0.29) is 29.3 Å². The van der Waals surface area contributed by atoms with Crippen LogP contribution in [0.3, 0.4) is 0 Å². The fraction of sp³-hybridized carbons (Fsp3) is 0.357. The highest BCUT2D eigenvalue weighted by molar-refractivity contribution is 6.81. The highest BCUT2D eigenvalue weighted by atomic mass is 28.3. The predicted octanol–water partition coefficient (Wildman–Crippen LogP) is 7.53. The smallest absolute Gasteiger partial charge is 0.269 e. The molecule has 10 heteroatoms.